The summed E-state index contributed by atoms with van der Waals surface area (Å²) in [5.74, 6) is 0.0448. The Bertz CT molecular complexity index is 958. The monoisotopic (exact) mass is 416 g/mol. The molecule has 2 fully saturated rings. The first-order chi connectivity index (χ1) is 14.0. The summed E-state index contributed by atoms with van der Waals surface area (Å²) in [7, 11) is -3.71. The van der Waals surface area contributed by atoms with Crippen molar-refractivity contribution in [1.29, 1.82) is 0 Å². The van der Waals surface area contributed by atoms with Crippen LogP contribution in [-0.2, 0) is 19.5 Å². The molecule has 4 rings (SSSR count). The number of piperidine rings is 1. The molecule has 1 unspecified atom stereocenters. The molecule has 1 N–H and O–H groups in total. The number of hydrogen-bond donors (Lipinski definition) is 1. The number of anilines is 1. The third kappa shape index (κ3) is 4.60. The van der Waals surface area contributed by atoms with E-state index in [1.165, 1.54) is 12.1 Å². The van der Waals surface area contributed by atoms with E-state index in [9.17, 15) is 13.2 Å². The molecule has 7 nitrogen and oxygen atoms in total. The Kier molecular flexibility index (Phi) is 5.84. The number of amides is 1. The van der Waals surface area contributed by atoms with Crippen LogP contribution < -0.4 is 4.72 Å². The standard InChI is InChI=1S/C21H24N2O5S/c24-20(23-11-5-7-17(15-23)21-27-12-13-28-21)16-6-4-8-18(14-16)22-29(25,26)19-9-2-1-3-10-19/h1-4,6,8-10,14,17,21-22H,5,7,11-13,15H2. The van der Waals surface area contributed by atoms with Gasteiger partial charge in [-0.05, 0) is 43.2 Å². The molecular formula is C21H24N2O5S. The minimum Gasteiger partial charge on any atom is -0.350 e. The van der Waals surface area contributed by atoms with E-state index in [2.05, 4.69) is 4.72 Å². The lowest BCUT2D eigenvalue weighted by Crippen LogP contribution is -2.43. The quantitative estimate of drug-likeness (QED) is 0.810. The Morgan fingerprint density at radius 1 is 1.03 bits per heavy atom. The van der Waals surface area contributed by atoms with Crippen molar-refractivity contribution in [2.24, 2.45) is 5.92 Å². The average Bonchev–Trinajstić information content (AvgIpc) is 3.29. The van der Waals surface area contributed by atoms with Crippen LogP contribution in [0.4, 0.5) is 5.69 Å². The third-order valence-electron chi connectivity index (χ3n) is 5.19. The first-order valence-corrected chi connectivity index (χ1v) is 11.2. The number of rotatable bonds is 5. The molecule has 29 heavy (non-hydrogen) atoms. The van der Waals surface area contributed by atoms with Crippen LogP contribution >= 0.6 is 0 Å². The summed E-state index contributed by atoms with van der Waals surface area (Å²) in [5.41, 5.74) is 0.808. The van der Waals surface area contributed by atoms with Crippen molar-refractivity contribution in [3.8, 4) is 0 Å². The molecule has 1 amide bonds. The third-order valence-corrected chi connectivity index (χ3v) is 6.59. The van der Waals surface area contributed by atoms with Crippen LogP contribution in [-0.4, -0.2) is 51.8 Å². The van der Waals surface area contributed by atoms with Crippen molar-refractivity contribution in [2.75, 3.05) is 31.0 Å². The van der Waals surface area contributed by atoms with Gasteiger partial charge in [0.05, 0.1) is 18.1 Å². The molecule has 8 heteroatoms. The first kappa shape index (κ1) is 19.9. The highest BCUT2D eigenvalue weighted by atomic mass is 32.2. The Hall–Kier alpha value is -2.42. The lowest BCUT2D eigenvalue weighted by atomic mass is 9.96. The van der Waals surface area contributed by atoms with Gasteiger partial charge in [-0.1, -0.05) is 24.3 Å². The van der Waals surface area contributed by atoms with Gasteiger partial charge < -0.3 is 14.4 Å². The average molecular weight is 416 g/mol. The van der Waals surface area contributed by atoms with E-state index in [1.54, 1.807) is 47.4 Å². The molecule has 0 radical (unpaired) electrons. The van der Waals surface area contributed by atoms with Gasteiger partial charge in [-0.3, -0.25) is 9.52 Å². The maximum absolute atomic E-state index is 13.0. The molecular weight excluding hydrogens is 392 g/mol. The Balaban J connectivity index is 1.47. The molecule has 0 spiro atoms. The Labute approximate surface area is 170 Å². The molecule has 1 atom stereocenters. The van der Waals surface area contributed by atoms with Gasteiger partial charge in [0.1, 0.15) is 0 Å². The lowest BCUT2D eigenvalue weighted by Gasteiger charge is -2.34. The van der Waals surface area contributed by atoms with Gasteiger partial charge in [0.2, 0.25) is 0 Å². The van der Waals surface area contributed by atoms with Crippen LogP contribution in [0.5, 0.6) is 0 Å². The van der Waals surface area contributed by atoms with Gasteiger partial charge in [-0.15, -0.1) is 0 Å². The van der Waals surface area contributed by atoms with Gasteiger partial charge in [0.15, 0.2) is 6.29 Å². The zero-order valence-electron chi connectivity index (χ0n) is 16.0. The molecule has 0 aromatic heterocycles. The number of benzene rings is 2. The fourth-order valence-corrected chi connectivity index (χ4v) is 4.85. The number of hydrogen-bond acceptors (Lipinski definition) is 5. The van der Waals surface area contributed by atoms with E-state index >= 15 is 0 Å². The second-order valence-corrected chi connectivity index (χ2v) is 8.95. The Morgan fingerprint density at radius 2 is 1.79 bits per heavy atom. The molecule has 2 saturated heterocycles. The summed E-state index contributed by atoms with van der Waals surface area (Å²) in [6, 6.07) is 14.7. The molecule has 2 aromatic carbocycles. The number of sulfonamides is 1. The predicted molar refractivity (Wildman–Crippen MR) is 108 cm³/mol. The second kappa shape index (κ2) is 8.52. The van der Waals surface area contributed by atoms with Crippen LogP contribution in [0, 0.1) is 5.92 Å². The highest BCUT2D eigenvalue weighted by molar-refractivity contribution is 7.92. The molecule has 154 valence electrons. The number of carbonyl (C=O) groups is 1. The summed E-state index contributed by atoms with van der Waals surface area (Å²) in [4.78, 5) is 15.0. The largest absolute Gasteiger partial charge is 0.350 e. The van der Waals surface area contributed by atoms with Crippen LogP contribution in [0.3, 0.4) is 0 Å². The minimum absolute atomic E-state index is 0.117. The first-order valence-electron chi connectivity index (χ1n) is 9.73. The van der Waals surface area contributed by atoms with Crippen molar-refractivity contribution in [2.45, 2.75) is 24.0 Å². The summed E-state index contributed by atoms with van der Waals surface area (Å²) in [6.07, 6.45) is 1.61. The molecule has 0 bridgehead atoms. The fraction of sp³-hybridized carbons (Fsp3) is 0.381. The van der Waals surface area contributed by atoms with Gasteiger partial charge >= 0.3 is 0 Å². The second-order valence-electron chi connectivity index (χ2n) is 7.26. The molecule has 0 aliphatic carbocycles. The number of nitrogens with zero attached hydrogens (tertiary/aromatic N) is 1. The summed E-state index contributed by atoms with van der Waals surface area (Å²) in [5, 5.41) is 0. The molecule has 2 aromatic rings. The van der Waals surface area contributed by atoms with Crippen molar-refractivity contribution in [3.05, 3.63) is 60.2 Å². The van der Waals surface area contributed by atoms with E-state index in [-0.39, 0.29) is 23.0 Å². The number of likely N-dealkylation sites (tertiary alicyclic amines) is 1. The molecule has 0 saturated carbocycles. The number of carbonyl (C=O) groups excluding carboxylic acids is 1. The topological polar surface area (TPSA) is 84.9 Å². The van der Waals surface area contributed by atoms with Crippen LogP contribution in [0.2, 0.25) is 0 Å². The highest BCUT2D eigenvalue weighted by Gasteiger charge is 2.33. The van der Waals surface area contributed by atoms with Gasteiger partial charge in [0, 0.05) is 30.3 Å². The van der Waals surface area contributed by atoms with E-state index in [0.717, 1.165) is 12.8 Å². The van der Waals surface area contributed by atoms with Crippen molar-refractivity contribution in [3.63, 3.8) is 0 Å². The summed E-state index contributed by atoms with van der Waals surface area (Å²) in [6.45, 7) is 2.43. The SMILES string of the molecule is O=C(c1cccc(NS(=O)(=O)c2ccccc2)c1)N1CCCC(C2OCCO2)C1. The van der Waals surface area contributed by atoms with Gasteiger partial charge in [0.25, 0.3) is 15.9 Å². The fourth-order valence-electron chi connectivity index (χ4n) is 3.78. The summed E-state index contributed by atoms with van der Waals surface area (Å²) >= 11 is 0. The van der Waals surface area contributed by atoms with Crippen LogP contribution in [0.1, 0.15) is 23.2 Å². The van der Waals surface area contributed by atoms with Crippen molar-refractivity contribution in [1.82, 2.24) is 4.90 Å². The number of nitrogens with one attached hydrogen (secondary N) is 1. The minimum atomic E-state index is -3.71. The molecule has 2 heterocycles. The smallest absolute Gasteiger partial charge is 0.261 e. The van der Waals surface area contributed by atoms with Gasteiger partial charge in [-0.2, -0.15) is 0 Å². The van der Waals surface area contributed by atoms with E-state index in [0.29, 0.717) is 37.6 Å². The highest BCUT2D eigenvalue weighted by Crippen LogP contribution is 2.26. The lowest BCUT2D eigenvalue weighted by molar-refractivity contribution is -0.0969. The maximum Gasteiger partial charge on any atom is 0.261 e. The zero-order chi connectivity index (χ0) is 20.3. The predicted octanol–water partition coefficient (Wildman–Crippen LogP) is 2.71. The summed E-state index contributed by atoms with van der Waals surface area (Å²) < 4.78 is 38.8. The van der Waals surface area contributed by atoms with Crippen LogP contribution in [0.15, 0.2) is 59.5 Å². The van der Waals surface area contributed by atoms with E-state index in [4.69, 9.17) is 9.47 Å². The van der Waals surface area contributed by atoms with Crippen LogP contribution in [0.25, 0.3) is 0 Å². The van der Waals surface area contributed by atoms with Gasteiger partial charge in [-0.25, -0.2) is 8.42 Å². The van der Waals surface area contributed by atoms with E-state index in [1.807, 2.05) is 0 Å². The van der Waals surface area contributed by atoms with E-state index < -0.39 is 10.0 Å². The molecule has 2 aliphatic rings. The molecule has 2 aliphatic heterocycles. The Morgan fingerprint density at radius 3 is 2.55 bits per heavy atom. The maximum atomic E-state index is 13.0. The zero-order valence-corrected chi connectivity index (χ0v) is 16.8. The number of ether oxygens (including phenoxy) is 2. The normalized spacial score (nSPS) is 20.6. The van der Waals surface area contributed by atoms with Crippen molar-refractivity contribution < 1.29 is 22.7 Å². The van der Waals surface area contributed by atoms with Crippen molar-refractivity contribution >= 4 is 21.6 Å².